The number of hydrogen-bond acceptors (Lipinski definition) is 5. The molecular formula is C19H17ClFNO4S. The fourth-order valence-electron chi connectivity index (χ4n) is 2.09. The minimum absolute atomic E-state index is 0.0536. The molecule has 0 radical (unpaired) electrons. The molecule has 5 nitrogen and oxygen atoms in total. The normalized spacial score (nSPS) is 11.5. The molecule has 0 aliphatic heterocycles. The van der Waals surface area contributed by atoms with Gasteiger partial charge in [-0.15, -0.1) is 11.8 Å². The monoisotopic (exact) mass is 409 g/mol. The Bertz CT molecular complexity index is 811. The molecule has 8 heteroatoms. The number of ketones is 1. The first-order chi connectivity index (χ1) is 12.8. The second-order valence-electron chi connectivity index (χ2n) is 5.55. The van der Waals surface area contributed by atoms with Gasteiger partial charge in [-0.3, -0.25) is 14.4 Å². The van der Waals surface area contributed by atoms with E-state index < -0.39 is 23.7 Å². The molecule has 0 aliphatic carbocycles. The second-order valence-corrected chi connectivity index (χ2v) is 6.97. The van der Waals surface area contributed by atoms with Gasteiger partial charge in [0.05, 0.1) is 11.5 Å². The Labute approximate surface area is 165 Å². The van der Waals surface area contributed by atoms with E-state index in [-0.39, 0.29) is 23.0 Å². The number of halogens is 2. The van der Waals surface area contributed by atoms with Crippen LogP contribution in [0.3, 0.4) is 0 Å². The zero-order valence-corrected chi connectivity index (χ0v) is 16.0. The average Bonchev–Trinajstić information content (AvgIpc) is 2.63. The number of nitrogens with one attached hydrogen (secondary N) is 1. The highest BCUT2D eigenvalue weighted by atomic mass is 35.5. The Kier molecular flexibility index (Phi) is 7.82. The number of ether oxygens (including phenoxy) is 1. The maximum Gasteiger partial charge on any atom is 0.316 e. The minimum atomic E-state index is -0.994. The molecule has 0 saturated carbocycles. The number of Topliss-reactive ketones (excluding diaryl/α,β-unsaturated/α-hetero) is 1. The largest absolute Gasteiger partial charge is 0.454 e. The van der Waals surface area contributed by atoms with Gasteiger partial charge >= 0.3 is 5.97 Å². The standard InChI is InChI=1S/C19H17ClFNO4S/c1-12(19(25)13-2-6-15(21)7-3-13)26-18(24)11-27-10-17(23)22-16-8-4-14(20)5-9-16/h2-9,12H,10-11H2,1H3,(H,22,23)/t12-/m0/s1. The molecule has 0 fully saturated rings. The lowest BCUT2D eigenvalue weighted by Crippen LogP contribution is -2.25. The third-order valence-electron chi connectivity index (χ3n) is 3.39. The summed E-state index contributed by atoms with van der Waals surface area (Å²) in [7, 11) is 0. The quantitative estimate of drug-likeness (QED) is 0.527. The van der Waals surface area contributed by atoms with Gasteiger partial charge in [-0.25, -0.2) is 4.39 Å². The Morgan fingerprint density at radius 3 is 2.33 bits per heavy atom. The number of benzene rings is 2. The van der Waals surface area contributed by atoms with Crippen molar-refractivity contribution >= 4 is 46.7 Å². The summed E-state index contributed by atoms with van der Waals surface area (Å²) in [6.45, 7) is 1.45. The maximum absolute atomic E-state index is 12.9. The predicted octanol–water partition coefficient (Wildman–Crippen LogP) is 3.97. The van der Waals surface area contributed by atoms with E-state index in [9.17, 15) is 18.8 Å². The Morgan fingerprint density at radius 1 is 1.07 bits per heavy atom. The van der Waals surface area contributed by atoms with E-state index >= 15 is 0 Å². The highest BCUT2D eigenvalue weighted by Gasteiger charge is 2.19. The molecule has 142 valence electrons. The number of carbonyl (C=O) groups excluding carboxylic acids is 3. The molecular weight excluding hydrogens is 393 g/mol. The molecule has 27 heavy (non-hydrogen) atoms. The van der Waals surface area contributed by atoms with Crippen LogP contribution in [-0.4, -0.2) is 35.3 Å². The molecule has 0 heterocycles. The van der Waals surface area contributed by atoms with Gasteiger partial charge in [0.2, 0.25) is 11.7 Å². The molecule has 2 aromatic carbocycles. The Hall–Kier alpha value is -2.38. The topological polar surface area (TPSA) is 72.5 Å². The molecule has 0 aliphatic rings. The summed E-state index contributed by atoms with van der Waals surface area (Å²) >= 11 is 6.84. The van der Waals surface area contributed by atoms with Gasteiger partial charge in [-0.2, -0.15) is 0 Å². The summed E-state index contributed by atoms with van der Waals surface area (Å²) < 4.78 is 17.9. The van der Waals surface area contributed by atoms with Gasteiger partial charge in [0, 0.05) is 16.3 Å². The van der Waals surface area contributed by atoms with E-state index in [1.165, 1.54) is 19.1 Å². The summed E-state index contributed by atoms with van der Waals surface area (Å²) in [5, 5.41) is 3.24. The lowest BCUT2D eigenvalue weighted by molar-refractivity contribution is -0.143. The van der Waals surface area contributed by atoms with Crippen LogP contribution in [0.1, 0.15) is 17.3 Å². The highest BCUT2D eigenvalue weighted by Crippen LogP contribution is 2.14. The molecule has 0 aromatic heterocycles. The average molecular weight is 410 g/mol. The summed E-state index contributed by atoms with van der Waals surface area (Å²) in [4.78, 5) is 35.8. The predicted molar refractivity (Wildman–Crippen MR) is 104 cm³/mol. The first-order valence-corrected chi connectivity index (χ1v) is 9.51. The maximum atomic E-state index is 12.9. The van der Waals surface area contributed by atoms with E-state index in [1.54, 1.807) is 24.3 Å². The zero-order chi connectivity index (χ0) is 19.8. The van der Waals surface area contributed by atoms with Gasteiger partial charge in [-0.05, 0) is 55.5 Å². The number of rotatable bonds is 8. The van der Waals surface area contributed by atoms with Crippen LogP contribution in [0, 0.1) is 5.82 Å². The van der Waals surface area contributed by atoms with Gasteiger partial charge in [0.15, 0.2) is 6.10 Å². The van der Waals surface area contributed by atoms with Crippen molar-refractivity contribution in [3.05, 3.63) is 64.9 Å². The van der Waals surface area contributed by atoms with Crippen LogP contribution in [-0.2, 0) is 14.3 Å². The third-order valence-corrected chi connectivity index (χ3v) is 4.55. The van der Waals surface area contributed by atoms with Gasteiger partial charge in [-0.1, -0.05) is 11.6 Å². The van der Waals surface area contributed by atoms with Crippen molar-refractivity contribution in [1.29, 1.82) is 0 Å². The molecule has 1 N–H and O–H groups in total. The van der Waals surface area contributed by atoms with Crippen molar-refractivity contribution in [3.63, 3.8) is 0 Å². The fourth-order valence-corrected chi connectivity index (χ4v) is 2.81. The number of amides is 1. The van der Waals surface area contributed by atoms with Crippen LogP contribution in [0.2, 0.25) is 5.02 Å². The van der Waals surface area contributed by atoms with Crippen molar-refractivity contribution < 1.29 is 23.5 Å². The Balaban J connectivity index is 1.72. The number of thioether (sulfide) groups is 1. The van der Waals surface area contributed by atoms with Crippen molar-refractivity contribution in [3.8, 4) is 0 Å². The molecule has 1 amide bonds. The summed E-state index contributed by atoms with van der Waals surface area (Å²) in [5.74, 6) is -1.78. The molecule has 0 saturated heterocycles. The van der Waals surface area contributed by atoms with Gasteiger partial charge in [0.25, 0.3) is 0 Å². The van der Waals surface area contributed by atoms with Crippen LogP contribution in [0.5, 0.6) is 0 Å². The second kappa shape index (κ2) is 10.1. The fraction of sp³-hybridized carbons (Fsp3) is 0.211. The van der Waals surface area contributed by atoms with Crippen LogP contribution < -0.4 is 5.32 Å². The highest BCUT2D eigenvalue weighted by molar-refractivity contribution is 8.00. The van der Waals surface area contributed by atoms with Crippen LogP contribution in [0.15, 0.2) is 48.5 Å². The summed E-state index contributed by atoms with van der Waals surface area (Å²) in [6, 6.07) is 11.6. The van der Waals surface area contributed by atoms with Crippen LogP contribution >= 0.6 is 23.4 Å². The molecule has 2 aromatic rings. The molecule has 1 atom stereocenters. The zero-order valence-electron chi connectivity index (χ0n) is 14.4. The van der Waals surface area contributed by atoms with Crippen molar-refractivity contribution in [1.82, 2.24) is 0 Å². The smallest absolute Gasteiger partial charge is 0.316 e. The first-order valence-electron chi connectivity index (χ1n) is 7.97. The van der Waals surface area contributed by atoms with E-state index in [2.05, 4.69) is 5.32 Å². The number of carbonyl (C=O) groups is 3. The van der Waals surface area contributed by atoms with Crippen LogP contribution in [0.4, 0.5) is 10.1 Å². The lowest BCUT2D eigenvalue weighted by Gasteiger charge is -2.12. The third kappa shape index (κ3) is 7.03. The molecule has 0 bridgehead atoms. The first kappa shape index (κ1) is 20.9. The van der Waals surface area contributed by atoms with Gasteiger partial charge < -0.3 is 10.1 Å². The minimum Gasteiger partial charge on any atom is -0.454 e. The number of anilines is 1. The van der Waals surface area contributed by atoms with Gasteiger partial charge in [0.1, 0.15) is 5.82 Å². The van der Waals surface area contributed by atoms with Crippen molar-refractivity contribution in [2.45, 2.75) is 13.0 Å². The van der Waals surface area contributed by atoms with Crippen LogP contribution in [0.25, 0.3) is 0 Å². The van der Waals surface area contributed by atoms with Crippen molar-refractivity contribution in [2.75, 3.05) is 16.8 Å². The van der Waals surface area contributed by atoms with Crippen molar-refractivity contribution in [2.24, 2.45) is 0 Å². The molecule has 2 rings (SSSR count). The molecule has 0 unspecified atom stereocenters. The van der Waals surface area contributed by atoms with E-state index in [0.717, 1.165) is 23.9 Å². The van der Waals surface area contributed by atoms with E-state index in [1.807, 2.05) is 0 Å². The number of hydrogen-bond donors (Lipinski definition) is 1. The van der Waals surface area contributed by atoms with E-state index in [0.29, 0.717) is 10.7 Å². The Morgan fingerprint density at radius 2 is 1.70 bits per heavy atom. The SMILES string of the molecule is C[C@H](OC(=O)CSCC(=O)Nc1ccc(Cl)cc1)C(=O)c1ccc(F)cc1. The summed E-state index contributed by atoms with van der Waals surface area (Å²) in [6.07, 6.45) is -0.994. The lowest BCUT2D eigenvalue weighted by atomic mass is 10.1. The summed E-state index contributed by atoms with van der Waals surface area (Å²) in [5.41, 5.74) is 0.859. The number of esters is 1. The van der Waals surface area contributed by atoms with E-state index in [4.69, 9.17) is 16.3 Å². The molecule has 0 spiro atoms.